The molecule has 0 amide bonds. The average molecular weight is 502 g/mol. The predicted molar refractivity (Wildman–Crippen MR) is 125 cm³/mol. The monoisotopic (exact) mass is 501 g/mol. The minimum absolute atomic E-state index is 0.0126. The van der Waals surface area contributed by atoms with Gasteiger partial charge in [0.05, 0.1) is 22.3 Å². The number of halogens is 6. The van der Waals surface area contributed by atoms with Crippen LogP contribution < -0.4 is 0 Å². The lowest BCUT2D eigenvalue weighted by Gasteiger charge is -2.12. The van der Waals surface area contributed by atoms with E-state index < -0.39 is 17.6 Å². The zero-order valence-corrected chi connectivity index (χ0v) is 18.6. The van der Waals surface area contributed by atoms with Gasteiger partial charge in [0.2, 0.25) is 0 Å². The number of hydrogen-bond acceptors (Lipinski definition) is 2. The summed E-state index contributed by atoms with van der Waals surface area (Å²) < 4.78 is 57.8. The molecular formula is C25H13Cl2F4N3. The molecule has 170 valence electrons. The van der Waals surface area contributed by atoms with Crippen molar-refractivity contribution in [3.63, 3.8) is 0 Å². The van der Waals surface area contributed by atoms with Gasteiger partial charge in [-0.1, -0.05) is 41.4 Å². The summed E-state index contributed by atoms with van der Waals surface area (Å²) in [5.74, 6) is -0.505. The highest BCUT2D eigenvalue weighted by atomic mass is 35.5. The summed E-state index contributed by atoms with van der Waals surface area (Å²) >= 11 is 12.1. The second-order valence-corrected chi connectivity index (χ2v) is 8.38. The fourth-order valence-corrected chi connectivity index (χ4v) is 4.02. The van der Waals surface area contributed by atoms with Crippen LogP contribution in [0.25, 0.3) is 39.2 Å². The summed E-state index contributed by atoms with van der Waals surface area (Å²) in [5, 5.41) is 5.18. The van der Waals surface area contributed by atoms with Gasteiger partial charge in [0, 0.05) is 21.2 Å². The van der Waals surface area contributed by atoms with Gasteiger partial charge in [0.15, 0.2) is 5.65 Å². The summed E-state index contributed by atoms with van der Waals surface area (Å²) in [7, 11) is 0. The molecular weight excluding hydrogens is 489 g/mol. The first-order chi connectivity index (χ1) is 16.2. The van der Waals surface area contributed by atoms with Gasteiger partial charge in [-0.2, -0.15) is 18.3 Å². The molecule has 2 heterocycles. The van der Waals surface area contributed by atoms with Gasteiger partial charge >= 0.3 is 6.18 Å². The minimum Gasteiger partial charge on any atom is -0.228 e. The lowest BCUT2D eigenvalue weighted by Crippen LogP contribution is -2.08. The topological polar surface area (TPSA) is 30.7 Å². The van der Waals surface area contributed by atoms with E-state index in [2.05, 4.69) is 10.1 Å². The molecule has 0 aliphatic heterocycles. The molecule has 0 spiro atoms. The van der Waals surface area contributed by atoms with Crippen molar-refractivity contribution in [1.29, 1.82) is 0 Å². The standard InChI is InChI=1S/C25H13Cl2F4N3/c26-16-8-4-15(5-9-16)23-22-20(25(29,30)31)13-21(14-6-10-18(28)11-7-14)32-24(22)34(33-23)19-3-1-2-17(27)12-19/h1-13H. The highest BCUT2D eigenvalue weighted by molar-refractivity contribution is 6.31. The van der Waals surface area contributed by atoms with Gasteiger partial charge in [0.1, 0.15) is 11.5 Å². The summed E-state index contributed by atoms with van der Waals surface area (Å²) in [4.78, 5) is 4.53. The third kappa shape index (κ3) is 4.13. The van der Waals surface area contributed by atoms with Gasteiger partial charge in [-0.15, -0.1) is 0 Å². The molecule has 0 aliphatic rings. The van der Waals surface area contributed by atoms with Crippen molar-refractivity contribution >= 4 is 34.2 Å². The second kappa shape index (κ2) is 8.42. The number of alkyl halides is 3. The van der Waals surface area contributed by atoms with E-state index in [0.29, 0.717) is 26.9 Å². The lowest BCUT2D eigenvalue weighted by atomic mass is 10.0. The molecule has 34 heavy (non-hydrogen) atoms. The van der Waals surface area contributed by atoms with Gasteiger partial charge in [-0.3, -0.25) is 0 Å². The van der Waals surface area contributed by atoms with E-state index in [1.54, 1.807) is 48.5 Å². The van der Waals surface area contributed by atoms with Crippen LogP contribution >= 0.6 is 23.2 Å². The van der Waals surface area contributed by atoms with Gasteiger partial charge in [-0.25, -0.2) is 14.1 Å². The molecule has 0 bridgehead atoms. The van der Waals surface area contributed by atoms with Crippen molar-refractivity contribution in [1.82, 2.24) is 14.8 Å². The Morgan fingerprint density at radius 2 is 1.44 bits per heavy atom. The molecule has 2 aromatic heterocycles. The number of aromatic nitrogens is 3. The molecule has 0 radical (unpaired) electrons. The Hall–Kier alpha value is -3.42. The molecule has 0 fully saturated rings. The van der Waals surface area contributed by atoms with Crippen LogP contribution in [0.15, 0.2) is 78.9 Å². The average Bonchev–Trinajstić information content (AvgIpc) is 3.18. The Kier molecular flexibility index (Phi) is 5.54. The molecule has 5 rings (SSSR count). The molecule has 3 aromatic carbocycles. The smallest absolute Gasteiger partial charge is 0.228 e. The third-order valence-electron chi connectivity index (χ3n) is 5.25. The molecule has 5 aromatic rings. The van der Waals surface area contributed by atoms with Crippen molar-refractivity contribution < 1.29 is 17.6 Å². The van der Waals surface area contributed by atoms with Gasteiger partial charge in [-0.05, 0) is 60.7 Å². The van der Waals surface area contributed by atoms with Crippen molar-refractivity contribution in [3.05, 3.63) is 100 Å². The van der Waals surface area contributed by atoms with Gasteiger partial charge in [0.25, 0.3) is 0 Å². The summed E-state index contributed by atoms with van der Waals surface area (Å²) in [6, 6.07) is 19.0. The number of hydrogen-bond donors (Lipinski definition) is 0. The van der Waals surface area contributed by atoms with Crippen LogP contribution in [0.2, 0.25) is 10.0 Å². The van der Waals surface area contributed by atoms with E-state index in [9.17, 15) is 17.6 Å². The number of benzene rings is 3. The van der Waals surface area contributed by atoms with Crippen LogP contribution in [0.1, 0.15) is 5.56 Å². The SMILES string of the molecule is Fc1ccc(-c2cc(C(F)(F)F)c3c(-c4ccc(Cl)cc4)nn(-c4cccc(Cl)c4)c3n2)cc1. The third-order valence-corrected chi connectivity index (χ3v) is 5.74. The molecule has 0 N–H and O–H groups in total. The Morgan fingerprint density at radius 3 is 2.09 bits per heavy atom. The Morgan fingerprint density at radius 1 is 0.765 bits per heavy atom. The Balaban J connectivity index is 1.89. The second-order valence-electron chi connectivity index (χ2n) is 7.51. The van der Waals surface area contributed by atoms with E-state index in [1.807, 2.05) is 0 Å². The van der Waals surface area contributed by atoms with E-state index in [0.717, 1.165) is 6.07 Å². The van der Waals surface area contributed by atoms with Crippen LogP contribution in [-0.2, 0) is 6.18 Å². The predicted octanol–water partition coefficient (Wildman–Crippen LogP) is 8.22. The fraction of sp³-hybridized carbons (Fsp3) is 0.0400. The van der Waals surface area contributed by atoms with E-state index >= 15 is 0 Å². The highest BCUT2D eigenvalue weighted by Crippen LogP contribution is 2.41. The lowest BCUT2D eigenvalue weighted by molar-refractivity contribution is -0.136. The largest absolute Gasteiger partial charge is 0.417 e. The van der Waals surface area contributed by atoms with Crippen LogP contribution in [0.3, 0.4) is 0 Å². The molecule has 0 unspecified atom stereocenters. The summed E-state index contributed by atoms with van der Waals surface area (Å²) in [6.45, 7) is 0. The van der Waals surface area contributed by atoms with E-state index in [-0.39, 0.29) is 22.4 Å². The van der Waals surface area contributed by atoms with E-state index in [1.165, 1.54) is 28.9 Å². The first kappa shape index (κ1) is 22.4. The Bertz CT molecular complexity index is 1510. The van der Waals surface area contributed by atoms with Crippen molar-refractivity contribution in [3.8, 4) is 28.2 Å². The van der Waals surface area contributed by atoms with Gasteiger partial charge < -0.3 is 0 Å². The minimum atomic E-state index is -4.71. The summed E-state index contributed by atoms with van der Waals surface area (Å²) in [6.07, 6.45) is -4.71. The zero-order chi connectivity index (χ0) is 24.0. The van der Waals surface area contributed by atoms with E-state index in [4.69, 9.17) is 23.2 Å². The first-order valence-corrected chi connectivity index (χ1v) is 10.7. The quantitative estimate of drug-likeness (QED) is 0.233. The molecule has 0 saturated carbocycles. The van der Waals surface area contributed by atoms with Crippen molar-refractivity contribution in [2.24, 2.45) is 0 Å². The number of fused-ring (bicyclic) bond motifs is 1. The maximum Gasteiger partial charge on any atom is 0.417 e. The molecule has 9 heteroatoms. The first-order valence-electron chi connectivity index (χ1n) is 9.99. The molecule has 0 aliphatic carbocycles. The summed E-state index contributed by atoms with van der Waals surface area (Å²) in [5.41, 5.74) is 0.423. The van der Waals surface area contributed by atoms with Crippen molar-refractivity contribution in [2.45, 2.75) is 6.18 Å². The van der Waals surface area contributed by atoms with Crippen LogP contribution in [-0.4, -0.2) is 14.8 Å². The highest BCUT2D eigenvalue weighted by Gasteiger charge is 2.36. The number of rotatable bonds is 3. The normalized spacial score (nSPS) is 11.8. The van der Waals surface area contributed by atoms with Crippen LogP contribution in [0.5, 0.6) is 0 Å². The van der Waals surface area contributed by atoms with Crippen molar-refractivity contribution in [2.75, 3.05) is 0 Å². The zero-order valence-electron chi connectivity index (χ0n) is 17.1. The molecule has 0 atom stereocenters. The number of pyridine rings is 1. The van der Waals surface area contributed by atoms with Crippen LogP contribution in [0.4, 0.5) is 17.6 Å². The molecule has 3 nitrogen and oxygen atoms in total. The maximum absolute atomic E-state index is 14.3. The number of nitrogens with zero attached hydrogens (tertiary/aromatic N) is 3. The molecule has 0 saturated heterocycles. The maximum atomic E-state index is 14.3. The fourth-order valence-electron chi connectivity index (χ4n) is 3.71. The van der Waals surface area contributed by atoms with Crippen LogP contribution in [0, 0.1) is 5.82 Å². The Labute approximate surface area is 201 Å².